The number of carbonyl (C=O) groups is 1. The molecule has 1 amide bonds. The molecule has 38 heavy (non-hydrogen) atoms. The average molecular weight is 534 g/mol. The number of aromatic amines is 1. The number of benzene rings is 2. The topological polar surface area (TPSA) is 91.1 Å². The maximum atomic E-state index is 13.0. The van der Waals surface area contributed by atoms with Crippen molar-refractivity contribution >= 4 is 15.7 Å². The van der Waals surface area contributed by atoms with Crippen molar-refractivity contribution in [1.29, 1.82) is 0 Å². The lowest BCUT2D eigenvalue weighted by molar-refractivity contribution is 0.0946. The monoisotopic (exact) mass is 533 g/mol. The van der Waals surface area contributed by atoms with E-state index in [9.17, 15) is 13.2 Å². The van der Waals surface area contributed by atoms with Crippen LogP contribution in [0.4, 0.5) is 0 Å². The number of fused-ring (bicyclic) bond motifs is 1. The van der Waals surface area contributed by atoms with Gasteiger partial charge in [-0.25, -0.2) is 8.42 Å². The average Bonchev–Trinajstić information content (AvgIpc) is 3.35. The summed E-state index contributed by atoms with van der Waals surface area (Å²) in [5, 5.41) is 6.84. The molecule has 1 aliphatic carbocycles. The summed E-state index contributed by atoms with van der Waals surface area (Å²) in [5.74, 6) is -0.143. The van der Waals surface area contributed by atoms with Gasteiger partial charge in [0.25, 0.3) is 5.91 Å². The smallest absolute Gasteiger partial charge is 0.267 e. The highest BCUT2D eigenvalue weighted by Crippen LogP contribution is 2.33. The molecule has 1 spiro atoms. The first-order chi connectivity index (χ1) is 18.4. The van der Waals surface area contributed by atoms with Crippen LogP contribution in [0, 0.1) is 6.92 Å². The number of sulfone groups is 1. The molecule has 1 aromatic heterocycles. The van der Waals surface area contributed by atoms with Crippen molar-refractivity contribution in [1.82, 2.24) is 15.6 Å². The molecule has 202 valence electrons. The van der Waals surface area contributed by atoms with Crippen LogP contribution in [-0.2, 0) is 29.3 Å². The molecule has 0 saturated heterocycles. The summed E-state index contributed by atoms with van der Waals surface area (Å²) in [6.45, 7) is 2.93. The number of hydrogen-bond acceptors (Lipinski definition) is 4. The van der Waals surface area contributed by atoms with E-state index in [4.69, 9.17) is 0 Å². The van der Waals surface area contributed by atoms with E-state index in [0.717, 1.165) is 24.1 Å². The Bertz CT molecular complexity index is 1370. The summed E-state index contributed by atoms with van der Waals surface area (Å²) in [6, 6.07) is 15.7. The third-order valence-corrected chi connectivity index (χ3v) is 10.2. The number of amides is 1. The van der Waals surface area contributed by atoms with Crippen LogP contribution in [0.15, 0.2) is 64.4 Å². The zero-order valence-electron chi connectivity index (χ0n) is 22.3. The zero-order valence-corrected chi connectivity index (χ0v) is 23.1. The molecule has 1 aliphatic heterocycles. The summed E-state index contributed by atoms with van der Waals surface area (Å²) in [5.41, 5.74) is 4.68. The summed E-state index contributed by atoms with van der Waals surface area (Å²) < 4.78 is 26.0. The fourth-order valence-corrected chi connectivity index (χ4v) is 7.50. The van der Waals surface area contributed by atoms with Gasteiger partial charge in [0.2, 0.25) is 9.84 Å². The van der Waals surface area contributed by atoms with Gasteiger partial charge in [0.1, 0.15) is 5.69 Å². The van der Waals surface area contributed by atoms with E-state index in [2.05, 4.69) is 15.6 Å². The molecule has 1 saturated carbocycles. The lowest BCUT2D eigenvalue weighted by Crippen LogP contribution is -2.49. The largest absolute Gasteiger partial charge is 0.354 e. The number of carbonyl (C=O) groups excluding carboxylic acids is 1. The second-order valence-corrected chi connectivity index (χ2v) is 13.0. The maximum absolute atomic E-state index is 13.0. The van der Waals surface area contributed by atoms with Crippen molar-refractivity contribution in [3.63, 3.8) is 0 Å². The first-order valence-corrected chi connectivity index (χ1v) is 15.5. The fraction of sp³-hybridized carbons (Fsp3) is 0.452. The molecule has 0 radical (unpaired) electrons. The minimum absolute atomic E-state index is 0.142. The zero-order chi connectivity index (χ0) is 26.6. The fourth-order valence-electron chi connectivity index (χ4n) is 6.00. The summed E-state index contributed by atoms with van der Waals surface area (Å²) in [6.07, 6.45) is 12.6. The predicted octanol–water partition coefficient (Wildman–Crippen LogP) is 5.99. The molecule has 5 rings (SSSR count). The maximum Gasteiger partial charge on any atom is 0.267 e. The van der Waals surface area contributed by atoms with Gasteiger partial charge in [0.15, 0.2) is 0 Å². The van der Waals surface area contributed by atoms with Gasteiger partial charge in [-0.3, -0.25) is 4.79 Å². The van der Waals surface area contributed by atoms with E-state index < -0.39 is 9.84 Å². The minimum Gasteiger partial charge on any atom is -0.354 e. The SMILES string of the molecule is Cc1ccccc1S(=O)(=O)c1ccc(CNC(=O)c2cc3c([nH]2)CC2(CCCCCCCCC2)NC3)cc1. The molecule has 3 aromatic rings. The number of aromatic nitrogens is 1. The minimum atomic E-state index is -3.58. The van der Waals surface area contributed by atoms with E-state index in [-0.39, 0.29) is 16.3 Å². The Labute approximate surface area is 226 Å². The molecule has 2 aliphatic rings. The Morgan fingerprint density at radius 1 is 0.921 bits per heavy atom. The van der Waals surface area contributed by atoms with Gasteiger partial charge in [-0.2, -0.15) is 0 Å². The van der Waals surface area contributed by atoms with Crippen molar-refractivity contribution in [2.75, 3.05) is 0 Å². The van der Waals surface area contributed by atoms with Crippen molar-refractivity contribution in [3.05, 3.63) is 82.7 Å². The first-order valence-electron chi connectivity index (χ1n) is 14.0. The molecule has 7 heteroatoms. The van der Waals surface area contributed by atoms with E-state index >= 15 is 0 Å². The molecule has 3 N–H and O–H groups in total. The van der Waals surface area contributed by atoms with Crippen LogP contribution in [0.2, 0.25) is 0 Å². The number of nitrogens with one attached hydrogen (secondary N) is 3. The first kappa shape index (κ1) is 26.7. The number of aryl methyl sites for hydroxylation is 1. The molecular formula is C31H39N3O3S. The van der Waals surface area contributed by atoms with Gasteiger partial charge in [-0.1, -0.05) is 75.3 Å². The highest BCUT2D eigenvalue weighted by Gasteiger charge is 2.34. The van der Waals surface area contributed by atoms with Crippen LogP contribution in [0.3, 0.4) is 0 Å². The third kappa shape index (κ3) is 5.89. The van der Waals surface area contributed by atoms with Crippen molar-refractivity contribution in [3.8, 4) is 0 Å². The number of rotatable bonds is 5. The molecule has 2 aromatic carbocycles. The Hall–Kier alpha value is -2.90. The van der Waals surface area contributed by atoms with Crippen LogP contribution in [-0.4, -0.2) is 24.8 Å². The van der Waals surface area contributed by atoms with Crippen molar-refractivity contribution < 1.29 is 13.2 Å². The Balaban J connectivity index is 1.21. The summed E-state index contributed by atoms with van der Waals surface area (Å²) in [4.78, 5) is 17.0. The standard InChI is InChI=1S/C31H39N3O3S/c1-23-11-7-8-12-29(23)38(36,37)26-15-13-24(14-16-26)21-32-30(35)27-19-25-22-33-31(20-28(25)34-27)17-9-5-3-2-4-6-10-18-31/h7-8,11-16,19,33-34H,2-6,9-10,17-18,20-22H2,1H3,(H,32,35). The van der Waals surface area contributed by atoms with Crippen molar-refractivity contribution in [2.45, 2.75) is 99.6 Å². The van der Waals surface area contributed by atoms with Crippen LogP contribution in [0.5, 0.6) is 0 Å². The van der Waals surface area contributed by atoms with E-state index in [1.54, 1.807) is 49.4 Å². The van der Waals surface area contributed by atoms with Gasteiger partial charge in [-0.15, -0.1) is 0 Å². The molecule has 1 fully saturated rings. The molecule has 0 bridgehead atoms. The predicted molar refractivity (Wildman–Crippen MR) is 150 cm³/mol. The second kappa shape index (κ2) is 11.5. The summed E-state index contributed by atoms with van der Waals surface area (Å²) >= 11 is 0. The van der Waals surface area contributed by atoms with Crippen LogP contribution in [0.25, 0.3) is 0 Å². The second-order valence-electron chi connectivity index (χ2n) is 11.1. The van der Waals surface area contributed by atoms with Crippen LogP contribution < -0.4 is 10.6 Å². The summed E-state index contributed by atoms with van der Waals surface area (Å²) in [7, 11) is -3.58. The van der Waals surface area contributed by atoms with Gasteiger partial charge < -0.3 is 15.6 Å². The Morgan fingerprint density at radius 2 is 1.58 bits per heavy atom. The van der Waals surface area contributed by atoms with Crippen LogP contribution in [0.1, 0.15) is 90.7 Å². The molecular weight excluding hydrogens is 494 g/mol. The molecule has 0 unspecified atom stereocenters. The van der Waals surface area contributed by atoms with Gasteiger partial charge in [0.05, 0.1) is 9.79 Å². The van der Waals surface area contributed by atoms with Gasteiger partial charge in [0, 0.05) is 30.7 Å². The highest BCUT2D eigenvalue weighted by molar-refractivity contribution is 7.91. The molecule has 0 atom stereocenters. The number of hydrogen-bond donors (Lipinski definition) is 3. The third-order valence-electron chi connectivity index (χ3n) is 8.29. The quantitative estimate of drug-likeness (QED) is 0.375. The lowest BCUT2D eigenvalue weighted by atomic mass is 9.79. The normalized spacial score (nSPS) is 18.0. The van der Waals surface area contributed by atoms with Gasteiger partial charge >= 0.3 is 0 Å². The molecule has 6 nitrogen and oxygen atoms in total. The lowest BCUT2D eigenvalue weighted by Gasteiger charge is -2.39. The van der Waals surface area contributed by atoms with Crippen LogP contribution >= 0.6 is 0 Å². The van der Waals surface area contributed by atoms with Crippen molar-refractivity contribution in [2.24, 2.45) is 0 Å². The van der Waals surface area contributed by atoms with E-state index in [0.29, 0.717) is 17.1 Å². The van der Waals surface area contributed by atoms with Gasteiger partial charge in [-0.05, 0) is 60.7 Å². The Kier molecular flexibility index (Phi) is 8.05. The Morgan fingerprint density at radius 3 is 2.26 bits per heavy atom. The number of H-pyrrole nitrogens is 1. The highest BCUT2D eigenvalue weighted by atomic mass is 32.2. The molecule has 2 heterocycles. The van der Waals surface area contributed by atoms with E-state index in [1.807, 2.05) is 12.1 Å². The van der Waals surface area contributed by atoms with E-state index in [1.165, 1.54) is 69.0 Å².